The van der Waals surface area contributed by atoms with Crippen molar-refractivity contribution in [1.82, 2.24) is 0 Å². The maximum Gasteiger partial charge on any atom is 4.00 e. The fourth-order valence-corrected chi connectivity index (χ4v) is 0. The van der Waals surface area contributed by atoms with E-state index in [9.17, 15) is 0 Å². The van der Waals surface area contributed by atoms with E-state index in [-0.39, 0.29) is 45.6 Å². The summed E-state index contributed by atoms with van der Waals surface area (Å²) in [6.45, 7) is 0. The van der Waals surface area contributed by atoms with Crippen LogP contribution >= 0.6 is 0 Å². The van der Waals surface area contributed by atoms with E-state index in [0.717, 1.165) is 0 Å². The minimum atomic E-state index is -5.61. The Labute approximate surface area is 102 Å². The molecule has 0 saturated carbocycles. The Hall–Kier alpha value is 1.63. The third-order valence-electron chi connectivity index (χ3n) is 0. The zero-order valence-electron chi connectivity index (χ0n) is 5.27. The summed E-state index contributed by atoms with van der Waals surface area (Å²) in [7, 11) is -11.2. The fraction of sp³-hybridized carbons (Fsp3) is 0. The first-order valence-corrected chi connectivity index (χ1v) is 4.90. The van der Waals surface area contributed by atoms with Crippen LogP contribution in [0.3, 0.4) is 0 Å². The van der Waals surface area contributed by atoms with Crippen LogP contribution < -0.4 is 38.4 Å². The quantitative estimate of drug-likeness (QED) is 0.385. The van der Waals surface area contributed by atoms with Gasteiger partial charge in [-0.05, 0) is 0 Å². The van der Waals surface area contributed by atoms with E-state index in [1.807, 2.05) is 0 Å². The zero-order chi connectivity index (χ0) is 9.00. The minimum Gasteiger partial charge on any atom is -0.894 e. The molecule has 0 aliphatic rings. The van der Waals surface area contributed by atoms with Gasteiger partial charge in [0.25, 0.3) is 0 Å². The first-order chi connectivity index (χ1) is 4.00. The monoisotopic (exact) mass is 352 g/mol. The third kappa shape index (κ3) is 496. The molecule has 0 heterocycles. The standard InChI is InChI=1S/2O4Si.Sn.Ti/c2*1-5(2,3)4;;/q2*-4;2*+4. The van der Waals surface area contributed by atoms with Gasteiger partial charge in [0.15, 0.2) is 0 Å². The molecule has 0 fully saturated rings. The van der Waals surface area contributed by atoms with Gasteiger partial charge in [0, 0.05) is 0 Å². The van der Waals surface area contributed by atoms with Gasteiger partial charge in [-0.2, -0.15) is 0 Å². The molecular weight excluding hydrogens is 351 g/mol. The van der Waals surface area contributed by atoms with E-state index in [4.69, 9.17) is 38.4 Å². The molecule has 0 atom stereocenters. The summed E-state index contributed by atoms with van der Waals surface area (Å²) in [4.78, 5) is 68.6. The molecule has 0 aromatic rings. The Bertz CT molecular complexity index is 60.0. The largest absolute Gasteiger partial charge is 4.00 e. The average molecular weight is 351 g/mol. The van der Waals surface area contributed by atoms with Crippen LogP contribution in [0, 0.1) is 0 Å². The van der Waals surface area contributed by atoms with E-state index in [0.29, 0.717) is 0 Å². The van der Waals surface area contributed by atoms with Gasteiger partial charge in [0.1, 0.15) is 0 Å². The molecule has 12 heteroatoms. The zero-order valence-corrected chi connectivity index (χ0v) is 11.7. The fourth-order valence-electron chi connectivity index (χ4n) is 0. The van der Waals surface area contributed by atoms with Crippen molar-refractivity contribution in [2.24, 2.45) is 0 Å². The van der Waals surface area contributed by atoms with Gasteiger partial charge in [-0.25, -0.2) is 0 Å². The summed E-state index contributed by atoms with van der Waals surface area (Å²) in [5, 5.41) is 0. The molecule has 0 amide bonds. The first kappa shape index (κ1) is 23.4. The van der Waals surface area contributed by atoms with Crippen molar-refractivity contribution in [2.75, 3.05) is 0 Å². The summed E-state index contributed by atoms with van der Waals surface area (Å²) in [5.74, 6) is 0. The normalized spacial score (nSPS) is 10.0. The average Bonchev–Trinajstić information content (AvgIpc) is 1.12. The second-order valence-electron chi connectivity index (χ2n) is 1.00. The third-order valence-corrected chi connectivity index (χ3v) is 0. The van der Waals surface area contributed by atoms with E-state index in [1.54, 1.807) is 0 Å². The summed E-state index contributed by atoms with van der Waals surface area (Å²) in [6.07, 6.45) is 0. The number of hydrogen-bond donors (Lipinski definition) is 0. The number of hydrogen-bond acceptors (Lipinski definition) is 8. The van der Waals surface area contributed by atoms with Gasteiger partial charge in [0.05, 0.1) is 0 Å². The summed E-state index contributed by atoms with van der Waals surface area (Å²) in [6, 6.07) is 0. The van der Waals surface area contributed by atoms with Crippen molar-refractivity contribution < 1.29 is 60.1 Å². The van der Waals surface area contributed by atoms with Crippen LogP contribution in [0.15, 0.2) is 0 Å². The van der Waals surface area contributed by atoms with Crippen LogP contribution in [0.5, 0.6) is 0 Å². The number of rotatable bonds is 0. The van der Waals surface area contributed by atoms with Crippen LogP contribution in [0.25, 0.3) is 0 Å². The SMILES string of the molecule is [O-][Si]([O-])([O-])[O-].[O-][Si]([O-])([O-])[O-].[Sn+4].[Ti+4]. The predicted octanol–water partition coefficient (Wildman–Crippen LogP) is -10.7. The first-order valence-electron chi connectivity index (χ1n) is 1.63. The molecule has 12 heavy (non-hydrogen) atoms. The Morgan fingerprint density at radius 1 is 0.500 bits per heavy atom. The maximum absolute atomic E-state index is 8.58. The molecule has 0 spiro atoms. The van der Waals surface area contributed by atoms with Crippen LogP contribution in [0.1, 0.15) is 0 Å². The van der Waals surface area contributed by atoms with E-state index in [1.165, 1.54) is 0 Å². The molecule has 0 saturated heterocycles. The van der Waals surface area contributed by atoms with Crippen LogP contribution in [-0.4, -0.2) is 42.0 Å². The smallest absolute Gasteiger partial charge is 0.894 e. The molecule has 0 aliphatic heterocycles. The second kappa shape index (κ2) is 9.19. The van der Waals surface area contributed by atoms with Crippen LogP contribution in [0.4, 0.5) is 0 Å². The minimum absolute atomic E-state index is 0. The topological polar surface area (TPSA) is 184 Å². The van der Waals surface area contributed by atoms with Crippen molar-refractivity contribution in [1.29, 1.82) is 0 Å². The second-order valence-corrected chi connectivity index (χ2v) is 3.00. The molecule has 0 unspecified atom stereocenters. The molecule has 0 N–H and O–H groups in total. The van der Waals surface area contributed by atoms with Crippen LogP contribution in [0.2, 0.25) is 0 Å². The van der Waals surface area contributed by atoms with E-state index >= 15 is 0 Å². The molecule has 0 radical (unpaired) electrons. The molecule has 64 valence electrons. The van der Waals surface area contributed by atoms with Gasteiger partial charge >= 0.3 is 45.6 Å². The molecular formula is O8Si2SnTi. The van der Waals surface area contributed by atoms with E-state index in [2.05, 4.69) is 0 Å². The van der Waals surface area contributed by atoms with Crippen molar-refractivity contribution in [3.63, 3.8) is 0 Å². The summed E-state index contributed by atoms with van der Waals surface area (Å²) >= 11 is 0. The van der Waals surface area contributed by atoms with E-state index < -0.39 is 18.1 Å². The van der Waals surface area contributed by atoms with Crippen LogP contribution in [-0.2, 0) is 21.7 Å². The Kier molecular flexibility index (Phi) is 18.0. The van der Waals surface area contributed by atoms with Crippen molar-refractivity contribution in [3.8, 4) is 0 Å². The summed E-state index contributed by atoms with van der Waals surface area (Å²) in [5.41, 5.74) is 0. The molecule has 0 aromatic carbocycles. The van der Waals surface area contributed by atoms with Crippen molar-refractivity contribution >= 4 is 42.0 Å². The van der Waals surface area contributed by atoms with Gasteiger partial charge in [-0.1, -0.05) is 0 Å². The molecule has 0 aliphatic carbocycles. The van der Waals surface area contributed by atoms with Gasteiger partial charge in [0.2, 0.25) is 0 Å². The van der Waals surface area contributed by atoms with Gasteiger partial charge in [-0.15, -0.1) is 0 Å². The Balaban J connectivity index is -0.0000000457. The molecule has 0 aromatic heterocycles. The Morgan fingerprint density at radius 3 is 0.500 bits per heavy atom. The maximum atomic E-state index is 8.58. The summed E-state index contributed by atoms with van der Waals surface area (Å²) < 4.78 is 0. The molecule has 0 rings (SSSR count). The predicted molar refractivity (Wildman–Crippen MR) is 17.3 cm³/mol. The van der Waals surface area contributed by atoms with Gasteiger partial charge < -0.3 is 56.5 Å². The molecule has 0 bridgehead atoms. The van der Waals surface area contributed by atoms with Crippen molar-refractivity contribution in [2.45, 2.75) is 0 Å². The van der Waals surface area contributed by atoms with Gasteiger partial charge in [-0.3, -0.25) is 0 Å². The van der Waals surface area contributed by atoms with Crippen molar-refractivity contribution in [3.05, 3.63) is 0 Å². The Morgan fingerprint density at radius 2 is 0.500 bits per heavy atom. The molecule has 8 nitrogen and oxygen atoms in total.